The first-order valence-electron chi connectivity index (χ1n) is 7.06. The number of hydrogen-bond donors (Lipinski definition) is 1. The van der Waals surface area contributed by atoms with E-state index < -0.39 is 0 Å². The minimum Gasteiger partial charge on any atom is -0.396 e. The second-order valence-corrected chi connectivity index (χ2v) is 5.28. The first-order valence-corrected chi connectivity index (χ1v) is 7.06. The third-order valence-electron chi connectivity index (χ3n) is 3.82. The second-order valence-electron chi connectivity index (χ2n) is 5.28. The molecule has 1 aromatic carbocycles. The van der Waals surface area contributed by atoms with Gasteiger partial charge in [-0.2, -0.15) is 0 Å². The molecule has 2 heterocycles. The third-order valence-corrected chi connectivity index (χ3v) is 3.82. The van der Waals surface area contributed by atoms with Crippen molar-refractivity contribution in [1.29, 1.82) is 0 Å². The number of aryl methyl sites for hydroxylation is 2. The van der Waals surface area contributed by atoms with Gasteiger partial charge in [0.2, 0.25) is 0 Å². The Morgan fingerprint density at radius 2 is 2.21 bits per heavy atom. The Labute approximate surface area is 113 Å². The van der Waals surface area contributed by atoms with Crippen LogP contribution in [0, 0.1) is 6.92 Å². The van der Waals surface area contributed by atoms with Crippen LogP contribution in [0.1, 0.15) is 29.9 Å². The molecule has 3 rings (SSSR count). The zero-order valence-corrected chi connectivity index (χ0v) is 11.4. The van der Waals surface area contributed by atoms with Gasteiger partial charge < -0.3 is 9.67 Å². The standard InChI is InChI=1S/C16H20N2O/c1-12-5-4-6-13(11-12)16-14(8-10-19)18-9-3-2-7-15(18)17-16/h4-6,11,19H,2-3,7-10H2,1H3. The highest BCUT2D eigenvalue weighted by atomic mass is 16.3. The van der Waals surface area contributed by atoms with Crippen LogP contribution < -0.4 is 0 Å². The van der Waals surface area contributed by atoms with E-state index in [4.69, 9.17) is 4.98 Å². The van der Waals surface area contributed by atoms with Gasteiger partial charge in [0.05, 0.1) is 5.69 Å². The highest BCUT2D eigenvalue weighted by Gasteiger charge is 2.20. The van der Waals surface area contributed by atoms with Gasteiger partial charge >= 0.3 is 0 Å². The molecule has 0 spiro atoms. The van der Waals surface area contributed by atoms with Crippen molar-refractivity contribution < 1.29 is 5.11 Å². The number of benzene rings is 1. The maximum Gasteiger partial charge on any atom is 0.109 e. The van der Waals surface area contributed by atoms with Crippen LogP contribution in [0.5, 0.6) is 0 Å². The summed E-state index contributed by atoms with van der Waals surface area (Å²) < 4.78 is 2.32. The van der Waals surface area contributed by atoms with Crippen LogP contribution >= 0.6 is 0 Å². The van der Waals surface area contributed by atoms with Crippen molar-refractivity contribution in [3.05, 3.63) is 41.3 Å². The van der Waals surface area contributed by atoms with Crippen molar-refractivity contribution in [2.75, 3.05) is 6.61 Å². The van der Waals surface area contributed by atoms with Crippen LogP contribution in [0.25, 0.3) is 11.3 Å². The lowest BCUT2D eigenvalue weighted by Gasteiger charge is -2.16. The van der Waals surface area contributed by atoms with Crippen LogP contribution in [0.4, 0.5) is 0 Å². The van der Waals surface area contributed by atoms with E-state index in [1.54, 1.807) is 0 Å². The molecular weight excluding hydrogens is 236 g/mol. The monoisotopic (exact) mass is 256 g/mol. The molecule has 1 aliphatic rings. The van der Waals surface area contributed by atoms with Crippen LogP contribution in [0.3, 0.4) is 0 Å². The van der Waals surface area contributed by atoms with Gasteiger partial charge in [-0.1, -0.05) is 23.8 Å². The normalized spacial score (nSPS) is 14.4. The SMILES string of the molecule is Cc1cccc(-c2nc3n(c2CCO)CCCC3)c1. The lowest BCUT2D eigenvalue weighted by Crippen LogP contribution is -2.13. The predicted octanol–water partition coefficient (Wildman–Crippen LogP) is 2.73. The van der Waals surface area contributed by atoms with E-state index in [1.807, 2.05) is 0 Å². The van der Waals surface area contributed by atoms with Crippen LogP contribution in [-0.4, -0.2) is 21.3 Å². The molecule has 3 heteroatoms. The summed E-state index contributed by atoms with van der Waals surface area (Å²) in [6, 6.07) is 8.47. The highest BCUT2D eigenvalue weighted by Crippen LogP contribution is 2.28. The van der Waals surface area contributed by atoms with Gasteiger partial charge in [-0.3, -0.25) is 0 Å². The van der Waals surface area contributed by atoms with Gasteiger partial charge in [0, 0.05) is 37.3 Å². The smallest absolute Gasteiger partial charge is 0.109 e. The number of nitrogens with zero attached hydrogens (tertiary/aromatic N) is 2. The molecule has 0 atom stereocenters. The fourth-order valence-corrected chi connectivity index (χ4v) is 2.93. The second kappa shape index (κ2) is 5.17. The summed E-state index contributed by atoms with van der Waals surface area (Å²) in [6.07, 6.45) is 4.19. The number of aliphatic hydroxyl groups excluding tert-OH is 1. The highest BCUT2D eigenvalue weighted by molar-refractivity contribution is 5.63. The number of aliphatic hydroxyl groups is 1. The topological polar surface area (TPSA) is 38.0 Å². The van der Waals surface area contributed by atoms with Crippen molar-refractivity contribution in [2.24, 2.45) is 0 Å². The number of aromatic nitrogens is 2. The average Bonchev–Trinajstić information content (AvgIpc) is 2.79. The summed E-state index contributed by atoms with van der Waals surface area (Å²) in [7, 11) is 0. The van der Waals surface area contributed by atoms with E-state index in [-0.39, 0.29) is 6.61 Å². The van der Waals surface area contributed by atoms with E-state index in [1.165, 1.54) is 35.5 Å². The summed E-state index contributed by atoms with van der Waals surface area (Å²) in [5, 5.41) is 9.32. The molecule has 0 saturated heterocycles. The van der Waals surface area contributed by atoms with E-state index in [9.17, 15) is 5.11 Å². The molecule has 19 heavy (non-hydrogen) atoms. The number of fused-ring (bicyclic) bond motifs is 1. The Morgan fingerprint density at radius 1 is 1.32 bits per heavy atom. The number of rotatable bonds is 3. The van der Waals surface area contributed by atoms with Gasteiger partial charge in [0.15, 0.2) is 0 Å². The van der Waals surface area contributed by atoms with E-state index >= 15 is 0 Å². The van der Waals surface area contributed by atoms with Gasteiger partial charge in [-0.15, -0.1) is 0 Å². The molecule has 100 valence electrons. The molecule has 1 aliphatic heterocycles. The summed E-state index contributed by atoms with van der Waals surface area (Å²) >= 11 is 0. The van der Waals surface area contributed by atoms with Gasteiger partial charge in [0.1, 0.15) is 5.82 Å². The molecule has 0 aliphatic carbocycles. The number of imidazole rings is 1. The maximum absolute atomic E-state index is 9.32. The zero-order chi connectivity index (χ0) is 13.2. The largest absolute Gasteiger partial charge is 0.396 e. The lowest BCUT2D eigenvalue weighted by molar-refractivity contribution is 0.295. The maximum atomic E-state index is 9.32. The van der Waals surface area contributed by atoms with Crippen LogP contribution in [0.2, 0.25) is 0 Å². The van der Waals surface area contributed by atoms with Crippen molar-refractivity contribution in [3.63, 3.8) is 0 Å². The fraction of sp³-hybridized carbons (Fsp3) is 0.438. The Bertz CT molecular complexity index is 586. The lowest BCUT2D eigenvalue weighted by atomic mass is 10.1. The van der Waals surface area contributed by atoms with E-state index in [0.29, 0.717) is 6.42 Å². The molecule has 0 saturated carbocycles. The summed E-state index contributed by atoms with van der Waals surface area (Å²) in [4.78, 5) is 4.83. The van der Waals surface area contributed by atoms with Crippen LogP contribution in [0.15, 0.2) is 24.3 Å². The minimum absolute atomic E-state index is 0.184. The van der Waals surface area contributed by atoms with Gasteiger partial charge in [-0.05, 0) is 25.8 Å². The predicted molar refractivity (Wildman–Crippen MR) is 76.1 cm³/mol. The van der Waals surface area contributed by atoms with Gasteiger partial charge in [-0.25, -0.2) is 4.98 Å². The molecule has 1 N–H and O–H groups in total. The quantitative estimate of drug-likeness (QED) is 0.917. The van der Waals surface area contributed by atoms with E-state index in [0.717, 1.165) is 18.7 Å². The Kier molecular flexibility index (Phi) is 3.38. The average molecular weight is 256 g/mol. The molecule has 0 bridgehead atoms. The minimum atomic E-state index is 0.184. The first kappa shape index (κ1) is 12.4. The van der Waals surface area contributed by atoms with Gasteiger partial charge in [0.25, 0.3) is 0 Å². The molecule has 0 unspecified atom stereocenters. The van der Waals surface area contributed by atoms with Crippen molar-refractivity contribution in [1.82, 2.24) is 9.55 Å². The summed E-state index contributed by atoms with van der Waals surface area (Å²) in [5.74, 6) is 1.19. The third kappa shape index (κ3) is 2.30. The van der Waals surface area contributed by atoms with Crippen LogP contribution in [-0.2, 0) is 19.4 Å². The molecular formula is C16H20N2O. The fourth-order valence-electron chi connectivity index (χ4n) is 2.93. The van der Waals surface area contributed by atoms with Crippen molar-refractivity contribution >= 4 is 0 Å². The molecule has 0 fully saturated rings. The molecule has 0 radical (unpaired) electrons. The Morgan fingerprint density at radius 3 is 3.00 bits per heavy atom. The first-order chi connectivity index (χ1) is 9.29. The Hall–Kier alpha value is -1.61. The zero-order valence-electron chi connectivity index (χ0n) is 11.4. The summed E-state index contributed by atoms with van der Waals surface area (Å²) in [6.45, 7) is 3.33. The Balaban J connectivity index is 2.12. The number of hydrogen-bond acceptors (Lipinski definition) is 2. The summed E-state index contributed by atoms with van der Waals surface area (Å²) in [5.41, 5.74) is 4.68. The molecule has 3 nitrogen and oxygen atoms in total. The van der Waals surface area contributed by atoms with E-state index in [2.05, 4.69) is 35.8 Å². The van der Waals surface area contributed by atoms with Crippen molar-refractivity contribution in [3.8, 4) is 11.3 Å². The molecule has 2 aromatic rings. The molecule has 0 amide bonds. The molecule has 1 aromatic heterocycles. The van der Waals surface area contributed by atoms with Crippen molar-refractivity contribution in [2.45, 2.75) is 39.2 Å².